The van der Waals surface area contributed by atoms with Crippen molar-refractivity contribution >= 4 is 0 Å². The summed E-state index contributed by atoms with van der Waals surface area (Å²) < 4.78 is 0. The Kier molecular flexibility index (Phi) is 2.73. The highest BCUT2D eigenvalue weighted by Gasteiger charge is 2.22. The minimum atomic E-state index is 0.107. The lowest BCUT2D eigenvalue weighted by Crippen LogP contribution is -2.27. The van der Waals surface area contributed by atoms with E-state index < -0.39 is 0 Å². The van der Waals surface area contributed by atoms with Crippen LogP contribution in [0.2, 0.25) is 0 Å². The average molecular weight is 214 g/mol. The summed E-state index contributed by atoms with van der Waals surface area (Å²) in [4.78, 5) is 0. The lowest BCUT2D eigenvalue weighted by Gasteiger charge is -2.28. The first kappa shape index (κ1) is 11.2. The molecule has 0 saturated carbocycles. The van der Waals surface area contributed by atoms with Gasteiger partial charge < -0.3 is 5.32 Å². The van der Waals surface area contributed by atoms with Gasteiger partial charge in [0, 0.05) is 6.54 Å². The molecule has 1 aromatic rings. The van der Waals surface area contributed by atoms with Crippen LogP contribution in [0.4, 0.5) is 0 Å². The smallest absolute Gasteiger partial charge is 0.0991 e. The second-order valence-electron chi connectivity index (χ2n) is 5.45. The maximum Gasteiger partial charge on any atom is 0.0991 e. The molecule has 0 saturated heterocycles. The number of rotatable bonds is 0. The van der Waals surface area contributed by atoms with E-state index in [1.807, 2.05) is 12.1 Å². The fourth-order valence-corrected chi connectivity index (χ4v) is 2.33. The first-order valence-corrected chi connectivity index (χ1v) is 5.79. The fraction of sp³-hybridized carbons (Fsp3) is 0.500. The number of benzene rings is 1. The van der Waals surface area contributed by atoms with Crippen LogP contribution < -0.4 is 5.32 Å². The quantitative estimate of drug-likeness (QED) is 0.720. The molecule has 0 fully saturated rings. The van der Waals surface area contributed by atoms with Crippen LogP contribution in [0.25, 0.3) is 0 Å². The van der Waals surface area contributed by atoms with E-state index in [2.05, 4.69) is 32.2 Å². The normalized spacial score (nSPS) is 15.4. The van der Waals surface area contributed by atoms with E-state index >= 15 is 0 Å². The van der Waals surface area contributed by atoms with Crippen LogP contribution in [0, 0.1) is 11.3 Å². The highest BCUT2D eigenvalue weighted by molar-refractivity contribution is 5.47. The second kappa shape index (κ2) is 3.92. The molecule has 1 heterocycles. The van der Waals surface area contributed by atoms with Gasteiger partial charge in [0.1, 0.15) is 0 Å². The molecule has 1 aromatic carbocycles. The molecule has 2 heteroatoms. The Balaban J connectivity index is 2.62. The molecule has 1 aliphatic rings. The summed E-state index contributed by atoms with van der Waals surface area (Å²) in [5.41, 5.74) is 4.97. The van der Waals surface area contributed by atoms with Crippen LogP contribution in [0.15, 0.2) is 12.1 Å². The number of fused-ring (bicyclic) bond motifs is 1. The van der Waals surface area contributed by atoms with Gasteiger partial charge in [0.15, 0.2) is 0 Å². The van der Waals surface area contributed by atoms with Crippen molar-refractivity contribution < 1.29 is 0 Å². The number of nitriles is 1. The van der Waals surface area contributed by atoms with Gasteiger partial charge in [0.05, 0.1) is 11.6 Å². The summed E-state index contributed by atoms with van der Waals surface area (Å²) in [6.07, 6.45) is 1.04. The first-order valence-electron chi connectivity index (χ1n) is 5.79. The van der Waals surface area contributed by atoms with Crippen molar-refractivity contribution in [1.29, 1.82) is 5.26 Å². The molecule has 0 radical (unpaired) electrons. The predicted molar refractivity (Wildman–Crippen MR) is 65.3 cm³/mol. The number of nitrogens with one attached hydrogen (secondary N) is 1. The van der Waals surface area contributed by atoms with Crippen LogP contribution in [0.3, 0.4) is 0 Å². The Morgan fingerprint density at radius 2 is 2.06 bits per heavy atom. The third kappa shape index (κ3) is 1.96. The largest absolute Gasteiger partial charge is 0.312 e. The summed E-state index contributed by atoms with van der Waals surface area (Å²) in [7, 11) is 0. The Labute approximate surface area is 97.3 Å². The van der Waals surface area contributed by atoms with E-state index in [0.29, 0.717) is 0 Å². The van der Waals surface area contributed by atoms with Crippen LogP contribution in [0.1, 0.15) is 43.0 Å². The van der Waals surface area contributed by atoms with E-state index in [9.17, 15) is 0 Å². The lowest BCUT2D eigenvalue weighted by molar-refractivity contribution is 0.559. The molecule has 1 aliphatic heterocycles. The average Bonchev–Trinajstić information content (AvgIpc) is 2.26. The zero-order valence-corrected chi connectivity index (χ0v) is 10.2. The summed E-state index contributed by atoms with van der Waals surface area (Å²) >= 11 is 0. The minimum Gasteiger partial charge on any atom is -0.312 e. The number of hydrogen-bond donors (Lipinski definition) is 1. The zero-order chi connectivity index (χ0) is 11.8. The van der Waals surface area contributed by atoms with Crippen molar-refractivity contribution in [2.45, 2.75) is 39.2 Å². The van der Waals surface area contributed by atoms with E-state index in [-0.39, 0.29) is 5.41 Å². The van der Waals surface area contributed by atoms with Gasteiger partial charge in [-0.15, -0.1) is 0 Å². The molecule has 2 rings (SSSR count). The van der Waals surface area contributed by atoms with E-state index in [4.69, 9.17) is 5.26 Å². The summed E-state index contributed by atoms with van der Waals surface area (Å²) in [6.45, 7) is 8.58. The molecule has 84 valence electrons. The molecule has 1 N–H and O–H groups in total. The Morgan fingerprint density at radius 3 is 2.69 bits per heavy atom. The van der Waals surface area contributed by atoms with Crippen LogP contribution in [-0.4, -0.2) is 6.54 Å². The third-order valence-corrected chi connectivity index (χ3v) is 3.15. The summed E-state index contributed by atoms with van der Waals surface area (Å²) in [6, 6.07) is 6.36. The van der Waals surface area contributed by atoms with Gasteiger partial charge in [-0.2, -0.15) is 5.26 Å². The predicted octanol–water partition coefficient (Wildman–Crippen LogP) is 2.50. The highest BCUT2D eigenvalue weighted by Crippen LogP contribution is 2.30. The Morgan fingerprint density at radius 1 is 1.31 bits per heavy atom. The monoisotopic (exact) mass is 214 g/mol. The van der Waals surface area contributed by atoms with E-state index in [0.717, 1.165) is 25.1 Å². The minimum absolute atomic E-state index is 0.107. The van der Waals surface area contributed by atoms with Crippen molar-refractivity contribution in [3.8, 4) is 6.07 Å². The molecule has 0 aromatic heterocycles. The van der Waals surface area contributed by atoms with Gasteiger partial charge in [-0.3, -0.25) is 0 Å². The van der Waals surface area contributed by atoms with Gasteiger partial charge >= 0.3 is 0 Å². The molecular weight excluding hydrogens is 196 g/mol. The first-order chi connectivity index (χ1) is 7.52. The third-order valence-electron chi connectivity index (χ3n) is 3.15. The molecule has 0 bridgehead atoms. The number of nitrogens with zero attached hydrogens (tertiary/aromatic N) is 1. The van der Waals surface area contributed by atoms with Crippen LogP contribution >= 0.6 is 0 Å². The SMILES string of the molecule is CC(C)(C)c1cc(C#N)cc2c1CNCC2. The topological polar surface area (TPSA) is 35.8 Å². The van der Waals surface area contributed by atoms with Crippen molar-refractivity contribution in [3.05, 3.63) is 34.4 Å². The lowest BCUT2D eigenvalue weighted by atomic mass is 9.80. The Bertz CT molecular complexity index is 447. The highest BCUT2D eigenvalue weighted by atomic mass is 14.9. The molecular formula is C14H18N2. The molecule has 0 unspecified atom stereocenters. The van der Waals surface area contributed by atoms with Gasteiger partial charge in [-0.1, -0.05) is 20.8 Å². The fourth-order valence-electron chi connectivity index (χ4n) is 2.33. The maximum atomic E-state index is 9.06. The molecule has 0 amide bonds. The number of hydrogen-bond acceptors (Lipinski definition) is 2. The molecule has 0 aliphatic carbocycles. The standard InChI is InChI=1S/C14H18N2/c1-14(2,3)13-7-10(8-15)6-11-4-5-16-9-12(11)13/h6-7,16H,4-5,9H2,1-3H3. The van der Waals surface area contributed by atoms with Crippen LogP contribution in [-0.2, 0) is 18.4 Å². The van der Waals surface area contributed by atoms with E-state index in [1.165, 1.54) is 16.7 Å². The molecule has 0 spiro atoms. The summed E-state index contributed by atoms with van der Waals surface area (Å²) in [5.74, 6) is 0. The van der Waals surface area contributed by atoms with Gasteiger partial charge in [-0.05, 0) is 47.2 Å². The molecule has 2 nitrogen and oxygen atoms in total. The molecule has 16 heavy (non-hydrogen) atoms. The van der Waals surface area contributed by atoms with Gasteiger partial charge in [0.2, 0.25) is 0 Å². The maximum absolute atomic E-state index is 9.06. The zero-order valence-electron chi connectivity index (χ0n) is 10.2. The van der Waals surface area contributed by atoms with Crippen molar-refractivity contribution in [2.75, 3.05) is 6.54 Å². The second-order valence-corrected chi connectivity index (χ2v) is 5.45. The van der Waals surface area contributed by atoms with Gasteiger partial charge in [-0.25, -0.2) is 0 Å². The summed E-state index contributed by atoms with van der Waals surface area (Å²) in [5, 5.41) is 12.5. The van der Waals surface area contributed by atoms with Crippen molar-refractivity contribution in [2.24, 2.45) is 0 Å². The van der Waals surface area contributed by atoms with Crippen molar-refractivity contribution in [3.63, 3.8) is 0 Å². The Hall–Kier alpha value is -1.33. The van der Waals surface area contributed by atoms with E-state index in [1.54, 1.807) is 0 Å². The van der Waals surface area contributed by atoms with Crippen LogP contribution in [0.5, 0.6) is 0 Å². The van der Waals surface area contributed by atoms with Crippen molar-refractivity contribution in [1.82, 2.24) is 5.32 Å². The van der Waals surface area contributed by atoms with Gasteiger partial charge in [0.25, 0.3) is 0 Å². The molecule has 0 atom stereocenters.